The molecule has 2 aromatic carbocycles. The summed E-state index contributed by atoms with van der Waals surface area (Å²) in [6.07, 6.45) is 10.1. The molecule has 2 aromatic rings. The fourth-order valence-electron chi connectivity index (χ4n) is 4.69. The molecule has 0 N–H and O–H groups in total. The van der Waals surface area contributed by atoms with Gasteiger partial charge >= 0.3 is 0 Å². The molecule has 0 saturated heterocycles. The summed E-state index contributed by atoms with van der Waals surface area (Å²) in [5, 5.41) is 3.36. The van der Waals surface area contributed by atoms with Gasteiger partial charge in [-0.1, -0.05) is 87.9 Å². The van der Waals surface area contributed by atoms with Crippen LogP contribution >= 0.6 is 7.26 Å². The zero-order chi connectivity index (χ0) is 15.0. The van der Waals surface area contributed by atoms with Gasteiger partial charge in [0, 0.05) is 0 Å². The Kier molecular flexibility index (Phi) is 3.82. The molecule has 1 aliphatic heterocycles. The largest absolute Gasteiger partial charge is 0.0687 e. The highest BCUT2D eigenvalue weighted by atomic mass is 31.2. The van der Waals surface area contributed by atoms with Crippen LogP contribution in [0.2, 0.25) is 0 Å². The topological polar surface area (TPSA) is 0 Å². The predicted octanol–water partition coefficient (Wildman–Crippen LogP) is 5.38. The maximum Gasteiger partial charge on any atom is -0.0101 e. The van der Waals surface area contributed by atoms with E-state index in [2.05, 4.69) is 55.2 Å². The van der Waals surface area contributed by atoms with Crippen molar-refractivity contribution in [3.8, 4) is 11.1 Å². The number of benzene rings is 2. The molecule has 0 spiro atoms. The quantitative estimate of drug-likeness (QED) is 0.621. The summed E-state index contributed by atoms with van der Waals surface area (Å²) in [4.78, 5) is 0. The Labute approximate surface area is 135 Å². The SMILES string of the molecule is C[P]1(C2CCCCCCC2)c2ccccc2-c2ccccc21. The van der Waals surface area contributed by atoms with E-state index >= 15 is 0 Å². The molecule has 0 aromatic heterocycles. The first kappa shape index (κ1) is 14.5. The van der Waals surface area contributed by atoms with Gasteiger partial charge < -0.3 is 0 Å². The molecule has 0 bridgehead atoms. The second-order valence-electron chi connectivity index (χ2n) is 7.11. The van der Waals surface area contributed by atoms with Gasteiger partial charge in [0.25, 0.3) is 0 Å². The molecule has 1 radical (unpaired) electrons. The highest BCUT2D eigenvalue weighted by Gasteiger charge is 2.42. The van der Waals surface area contributed by atoms with Gasteiger partial charge in [0.15, 0.2) is 0 Å². The van der Waals surface area contributed by atoms with Crippen LogP contribution in [0.4, 0.5) is 0 Å². The third kappa shape index (κ3) is 2.16. The third-order valence-corrected chi connectivity index (χ3v) is 10.7. The Balaban J connectivity index is 1.85. The molecule has 4 rings (SSSR count). The lowest BCUT2D eigenvalue weighted by molar-refractivity contribution is 0.509. The van der Waals surface area contributed by atoms with Gasteiger partial charge in [0.1, 0.15) is 0 Å². The lowest BCUT2D eigenvalue weighted by atomic mass is 10.0. The number of hydrogen-bond donors (Lipinski definition) is 0. The Bertz CT molecular complexity index is 620. The summed E-state index contributed by atoms with van der Waals surface area (Å²) in [6, 6.07) is 18.5. The molecule has 1 aliphatic carbocycles. The van der Waals surface area contributed by atoms with Gasteiger partial charge in [-0.15, -0.1) is 0 Å². The molecule has 22 heavy (non-hydrogen) atoms. The van der Waals surface area contributed by atoms with E-state index in [1.165, 1.54) is 56.1 Å². The first-order valence-electron chi connectivity index (χ1n) is 8.87. The first-order chi connectivity index (χ1) is 10.8. The molecule has 0 atom stereocenters. The van der Waals surface area contributed by atoms with Crippen LogP contribution < -0.4 is 10.6 Å². The molecule has 2 aliphatic rings. The summed E-state index contributed by atoms with van der Waals surface area (Å²) in [7, 11) is -1.22. The van der Waals surface area contributed by atoms with Crippen LogP contribution in [-0.2, 0) is 0 Å². The number of hydrogen-bond acceptors (Lipinski definition) is 0. The molecule has 0 nitrogen and oxygen atoms in total. The van der Waals surface area contributed by atoms with Crippen LogP contribution in [0.15, 0.2) is 48.5 Å². The predicted molar refractivity (Wildman–Crippen MR) is 100 cm³/mol. The molecule has 115 valence electrons. The highest BCUT2D eigenvalue weighted by Crippen LogP contribution is 2.66. The summed E-state index contributed by atoms with van der Waals surface area (Å²) in [5.41, 5.74) is 3.95. The summed E-state index contributed by atoms with van der Waals surface area (Å²) >= 11 is 0. The highest BCUT2D eigenvalue weighted by molar-refractivity contribution is 7.90. The van der Waals surface area contributed by atoms with E-state index in [0.29, 0.717) is 0 Å². The van der Waals surface area contributed by atoms with Crippen molar-refractivity contribution in [1.82, 2.24) is 0 Å². The van der Waals surface area contributed by atoms with E-state index in [9.17, 15) is 0 Å². The van der Waals surface area contributed by atoms with Crippen LogP contribution in [0.1, 0.15) is 44.9 Å². The van der Waals surface area contributed by atoms with Crippen LogP contribution in [0, 0.1) is 0 Å². The smallest absolute Gasteiger partial charge is 0.0101 e. The van der Waals surface area contributed by atoms with Crippen molar-refractivity contribution >= 4 is 17.9 Å². The van der Waals surface area contributed by atoms with Gasteiger partial charge in [0.05, 0.1) is 0 Å². The zero-order valence-electron chi connectivity index (χ0n) is 13.6. The van der Waals surface area contributed by atoms with E-state index in [1.807, 2.05) is 0 Å². The molecule has 1 heterocycles. The van der Waals surface area contributed by atoms with E-state index in [0.717, 1.165) is 5.66 Å². The Morgan fingerprint density at radius 1 is 0.682 bits per heavy atom. The van der Waals surface area contributed by atoms with E-state index in [1.54, 1.807) is 10.6 Å². The number of rotatable bonds is 1. The molecule has 0 unspecified atom stereocenters. The molecule has 1 fully saturated rings. The van der Waals surface area contributed by atoms with Gasteiger partial charge in [-0.2, -0.15) is 0 Å². The van der Waals surface area contributed by atoms with Gasteiger partial charge in [-0.3, -0.25) is 0 Å². The number of fused-ring (bicyclic) bond motifs is 3. The molecular formula is C21H26P. The van der Waals surface area contributed by atoms with Gasteiger partial charge in [-0.05, 0) is 46.9 Å². The zero-order valence-corrected chi connectivity index (χ0v) is 14.5. The van der Waals surface area contributed by atoms with E-state index < -0.39 is 7.26 Å². The normalized spacial score (nSPS) is 20.8. The van der Waals surface area contributed by atoms with Crippen LogP contribution in [-0.4, -0.2) is 12.3 Å². The fourth-order valence-corrected chi connectivity index (χ4v) is 9.31. The van der Waals surface area contributed by atoms with Crippen LogP contribution in [0.3, 0.4) is 0 Å². The molecular weight excluding hydrogens is 283 g/mol. The van der Waals surface area contributed by atoms with Crippen molar-refractivity contribution in [2.45, 2.75) is 50.6 Å². The average molecular weight is 309 g/mol. The van der Waals surface area contributed by atoms with Crippen molar-refractivity contribution in [2.75, 3.05) is 6.66 Å². The van der Waals surface area contributed by atoms with Crippen molar-refractivity contribution in [3.05, 3.63) is 48.5 Å². The monoisotopic (exact) mass is 309 g/mol. The summed E-state index contributed by atoms with van der Waals surface area (Å²) < 4.78 is 0. The maximum absolute atomic E-state index is 2.63. The molecule has 0 amide bonds. The van der Waals surface area contributed by atoms with Crippen LogP contribution in [0.5, 0.6) is 0 Å². The minimum Gasteiger partial charge on any atom is -0.0687 e. The minimum atomic E-state index is -1.22. The van der Waals surface area contributed by atoms with Gasteiger partial charge in [0.2, 0.25) is 0 Å². The third-order valence-electron chi connectivity index (χ3n) is 5.90. The maximum atomic E-state index is 2.63. The van der Waals surface area contributed by atoms with Crippen molar-refractivity contribution in [1.29, 1.82) is 0 Å². The molecule has 1 saturated carbocycles. The van der Waals surface area contributed by atoms with Crippen molar-refractivity contribution in [2.24, 2.45) is 0 Å². The van der Waals surface area contributed by atoms with Crippen molar-refractivity contribution in [3.63, 3.8) is 0 Å². The van der Waals surface area contributed by atoms with E-state index in [-0.39, 0.29) is 0 Å². The second kappa shape index (κ2) is 5.82. The Morgan fingerprint density at radius 3 is 1.68 bits per heavy atom. The Hall–Kier alpha value is -1.13. The lowest BCUT2D eigenvalue weighted by Gasteiger charge is -2.40. The molecule has 1 heteroatoms. The van der Waals surface area contributed by atoms with E-state index in [4.69, 9.17) is 0 Å². The fraction of sp³-hybridized carbons (Fsp3) is 0.429. The summed E-state index contributed by atoms with van der Waals surface area (Å²) in [6.45, 7) is 2.63. The minimum absolute atomic E-state index is 0.901. The van der Waals surface area contributed by atoms with Gasteiger partial charge in [-0.25, -0.2) is 0 Å². The lowest BCUT2D eigenvalue weighted by Crippen LogP contribution is -2.28. The standard InChI is InChI=1S/C21H26P/c1-22(17-11-5-3-2-4-6-12-17)20-15-9-7-13-18(20)19-14-8-10-16-21(19)22/h7-10,13-17H,2-6,11-12H2,1H3. The summed E-state index contributed by atoms with van der Waals surface area (Å²) in [5.74, 6) is 0. The van der Waals surface area contributed by atoms with Crippen LogP contribution in [0.25, 0.3) is 11.1 Å². The average Bonchev–Trinajstić information content (AvgIpc) is 2.79. The first-order valence-corrected chi connectivity index (χ1v) is 11.2. The van der Waals surface area contributed by atoms with Crippen molar-refractivity contribution < 1.29 is 0 Å². The Morgan fingerprint density at radius 2 is 1.14 bits per heavy atom. The second-order valence-corrected chi connectivity index (χ2v) is 11.0.